The molecular weight excluding hydrogens is 747 g/mol. The van der Waals surface area contributed by atoms with Crippen LogP contribution in [0.1, 0.15) is 35.4 Å². The van der Waals surface area contributed by atoms with E-state index in [9.17, 15) is 9.59 Å². The van der Waals surface area contributed by atoms with Crippen LogP contribution in [0.3, 0.4) is 0 Å². The van der Waals surface area contributed by atoms with Crippen molar-refractivity contribution in [1.29, 1.82) is 0 Å². The van der Waals surface area contributed by atoms with E-state index in [1.54, 1.807) is 36.4 Å². The molecule has 1 fully saturated rings. The summed E-state index contributed by atoms with van der Waals surface area (Å²) in [5.41, 5.74) is 5.94. The molecule has 1 aliphatic rings. The van der Waals surface area contributed by atoms with E-state index < -0.39 is 5.97 Å². The van der Waals surface area contributed by atoms with E-state index in [1.165, 1.54) is 0 Å². The maximum absolute atomic E-state index is 12.9. The van der Waals surface area contributed by atoms with Gasteiger partial charge in [0.05, 0.1) is 11.4 Å². The van der Waals surface area contributed by atoms with Crippen LogP contribution < -0.4 is 9.47 Å². The van der Waals surface area contributed by atoms with Crippen LogP contribution >= 0.6 is 23.2 Å². The predicted molar refractivity (Wildman–Crippen MR) is 226 cm³/mol. The number of carbonyl (C=O) groups excluding carboxylic acids is 1. The summed E-state index contributed by atoms with van der Waals surface area (Å²) < 4.78 is 16.0. The van der Waals surface area contributed by atoms with E-state index in [0.29, 0.717) is 35.1 Å². The van der Waals surface area contributed by atoms with Gasteiger partial charge in [0.15, 0.2) is 0 Å². The number of nitrogens with zero attached hydrogens (tertiary/aromatic N) is 4. The molecule has 7 rings (SSSR count). The molecule has 1 saturated heterocycles. The zero-order valence-corrected chi connectivity index (χ0v) is 33.5. The number of hydrogen-bond acceptors (Lipinski definition) is 5. The molecule has 9 nitrogen and oxygen atoms in total. The Bertz CT molecular complexity index is 2350. The van der Waals surface area contributed by atoms with Crippen molar-refractivity contribution >= 4 is 69.0 Å². The first-order chi connectivity index (χ1) is 27.0. The van der Waals surface area contributed by atoms with Gasteiger partial charge in [0.2, 0.25) is 5.91 Å². The number of hydrogen-bond donors (Lipinski definition) is 1. The number of aryl methyl sites for hydroxylation is 2. The Hall–Kier alpha value is -5.48. The highest BCUT2D eigenvalue weighted by molar-refractivity contribution is 6.30. The number of ether oxygens (including phenoxy) is 2. The van der Waals surface area contributed by atoms with E-state index >= 15 is 0 Å². The van der Waals surface area contributed by atoms with Gasteiger partial charge in [0.25, 0.3) is 0 Å². The van der Waals surface area contributed by atoms with Crippen molar-refractivity contribution in [2.75, 3.05) is 27.2 Å². The first kappa shape index (κ1) is 40.2. The molecule has 0 aliphatic carbocycles. The minimum atomic E-state index is -0.979. The molecule has 1 aliphatic heterocycles. The lowest BCUT2D eigenvalue weighted by molar-refractivity contribution is -0.131. The number of fused-ring (bicyclic) bond motifs is 2. The first-order valence-electron chi connectivity index (χ1n) is 18.4. The number of likely N-dealkylation sites (tertiary alicyclic amines) is 1. The highest BCUT2D eigenvalue weighted by atomic mass is 35.5. The fraction of sp³-hybridized carbons (Fsp3) is 0.244. The van der Waals surface area contributed by atoms with Crippen LogP contribution in [-0.2, 0) is 36.9 Å². The Morgan fingerprint density at radius 1 is 0.696 bits per heavy atom. The summed E-state index contributed by atoms with van der Waals surface area (Å²) in [7, 11) is 8.20. The molecular formula is C45H46Cl2N4O5. The summed E-state index contributed by atoms with van der Waals surface area (Å²) in [5.74, 6) is 0.555. The van der Waals surface area contributed by atoms with Crippen molar-refractivity contribution in [3.8, 4) is 11.5 Å². The predicted octanol–water partition coefficient (Wildman–Crippen LogP) is 9.49. The number of aliphatic carboxylic acids is 1. The number of para-hydroxylation sites is 2. The van der Waals surface area contributed by atoms with Crippen molar-refractivity contribution in [2.24, 2.45) is 14.1 Å². The number of rotatable bonds is 11. The fourth-order valence-corrected chi connectivity index (χ4v) is 7.31. The molecule has 2 aromatic heterocycles. The van der Waals surface area contributed by atoms with Crippen LogP contribution in [-0.4, -0.2) is 69.1 Å². The van der Waals surface area contributed by atoms with Gasteiger partial charge in [-0.1, -0.05) is 59.6 Å². The van der Waals surface area contributed by atoms with Crippen molar-refractivity contribution in [3.05, 3.63) is 142 Å². The smallest absolute Gasteiger partial charge is 0.328 e. The topological polar surface area (TPSA) is 89.2 Å². The fourth-order valence-electron chi connectivity index (χ4n) is 7.05. The van der Waals surface area contributed by atoms with Gasteiger partial charge in [-0.05, 0) is 99.8 Å². The van der Waals surface area contributed by atoms with Crippen molar-refractivity contribution in [3.63, 3.8) is 0 Å². The van der Waals surface area contributed by atoms with Crippen LogP contribution in [0.25, 0.3) is 34.0 Å². The van der Waals surface area contributed by atoms with E-state index in [1.807, 2.05) is 90.3 Å². The number of halogens is 2. The summed E-state index contributed by atoms with van der Waals surface area (Å²) in [5, 5.41) is 12.4. The Balaban J connectivity index is 0.000000198. The number of carbonyl (C=O) groups is 2. The normalized spacial score (nSPS) is 13.5. The van der Waals surface area contributed by atoms with Crippen LogP contribution in [0.2, 0.25) is 10.0 Å². The van der Waals surface area contributed by atoms with E-state index in [4.69, 9.17) is 37.8 Å². The van der Waals surface area contributed by atoms with E-state index in [2.05, 4.69) is 35.7 Å². The Kier molecular flexibility index (Phi) is 13.2. The van der Waals surface area contributed by atoms with Crippen molar-refractivity contribution in [2.45, 2.75) is 32.1 Å². The highest BCUT2D eigenvalue weighted by Gasteiger charge is 2.23. The summed E-state index contributed by atoms with van der Waals surface area (Å²) in [6.45, 7) is 2.32. The summed E-state index contributed by atoms with van der Waals surface area (Å²) in [6, 6.07) is 31.2. The Morgan fingerprint density at radius 2 is 1.12 bits per heavy atom. The molecule has 1 N–H and O–H groups in total. The lowest BCUT2D eigenvalue weighted by Gasteiger charge is -2.34. The maximum atomic E-state index is 12.9. The lowest BCUT2D eigenvalue weighted by atomic mass is 10.0. The number of carboxylic acid groups (broad SMARTS) is 1. The molecule has 0 spiro atoms. The van der Waals surface area contributed by atoms with Gasteiger partial charge in [0, 0.05) is 88.4 Å². The highest BCUT2D eigenvalue weighted by Crippen LogP contribution is 2.30. The second-order valence-corrected chi connectivity index (χ2v) is 14.8. The Labute approximate surface area is 337 Å². The molecule has 3 heterocycles. The molecule has 6 aromatic rings. The SMILES string of the molecule is CN(C)C1CCN(C(=O)/C=C/c2c(COc3ccc(Cl)cc3)n(C)c3ccccc23)CC1.Cn1c(COc2ccc(Cl)cc2)c(/C=C/C(=O)O)c2ccccc21. The first-order valence-corrected chi connectivity index (χ1v) is 19.2. The van der Waals surface area contributed by atoms with Crippen LogP contribution in [0.4, 0.5) is 0 Å². The molecule has 11 heteroatoms. The standard InChI is InChI=1S/C26H30ClN3O2.C19H16ClNO3/c1-28(2)20-14-16-30(17-15-20)26(31)13-12-23-22-6-4-5-7-24(22)29(3)25(23)18-32-21-10-8-19(27)9-11-21;1-21-17-5-3-2-4-15(17)16(10-11-19(22)23)18(21)12-24-14-8-6-13(20)7-9-14/h4-13,20H,14-18H2,1-3H3;2-11H,12H2,1H3,(H,22,23)/b13-12+;11-10+. The quantitative estimate of drug-likeness (QED) is 0.132. The van der Waals surface area contributed by atoms with E-state index in [0.717, 1.165) is 82.1 Å². The molecule has 0 radical (unpaired) electrons. The molecule has 290 valence electrons. The molecule has 4 aromatic carbocycles. The number of amides is 1. The lowest BCUT2D eigenvalue weighted by Crippen LogP contribution is -2.43. The van der Waals surface area contributed by atoms with Crippen molar-refractivity contribution < 1.29 is 24.2 Å². The molecule has 0 atom stereocenters. The average Bonchev–Trinajstić information content (AvgIpc) is 3.64. The van der Waals surface area contributed by atoms with Crippen LogP contribution in [0, 0.1) is 0 Å². The third kappa shape index (κ3) is 9.66. The minimum Gasteiger partial charge on any atom is -0.487 e. The van der Waals surface area contributed by atoms with Crippen LogP contribution in [0.15, 0.2) is 109 Å². The number of benzene rings is 4. The van der Waals surface area contributed by atoms with Crippen molar-refractivity contribution in [1.82, 2.24) is 18.9 Å². The average molecular weight is 794 g/mol. The molecule has 56 heavy (non-hydrogen) atoms. The molecule has 0 bridgehead atoms. The van der Waals surface area contributed by atoms with Gasteiger partial charge < -0.3 is 33.5 Å². The summed E-state index contributed by atoms with van der Waals surface area (Å²) in [6.07, 6.45) is 8.45. The number of aromatic nitrogens is 2. The Morgan fingerprint density at radius 3 is 1.55 bits per heavy atom. The number of carboxylic acids is 1. The monoisotopic (exact) mass is 792 g/mol. The van der Waals surface area contributed by atoms with Gasteiger partial charge in [-0.15, -0.1) is 0 Å². The van der Waals surface area contributed by atoms with Gasteiger partial charge in [-0.25, -0.2) is 4.79 Å². The summed E-state index contributed by atoms with van der Waals surface area (Å²) >= 11 is 11.9. The number of piperidine rings is 1. The zero-order chi connectivity index (χ0) is 39.8. The molecule has 1 amide bonds. The van der Waals surface area contributed by atoms with Gasteiger partial charge in [-0.2, -0.15) is 0 Å². The second kappa shape index (κ2) is 18.4. The van der Waals surface area contributed by atoms with Gasteiger partial charge in [-0.3, -0.25) is 4.79 Å². The van der Waals surface area contributed by atoms with Crippen LogP contribution in [0.5, 0.6) is 11.5 Å². The largest absolute Gasteiger partial charge is 0.487 e. The van der Waals surface area contributed by atoms with E-state index in [-0.39, 0.29) is 5.91 Å². The maximum Gasteiger partial charge on any atom is 0.328 e. The summed E-state index contributed by atoms with van der Waals surface area (Å²) in [4.78, 5) is 28.0. The second-order valence-electron chi connectivity index (χ2n) is 13.9. The minimum absolute atomic E-state index is 0.0692. The third-order valence-corrected chi connectivity index (χ3v) is 10.7. The zero-order valence-electron chi connectivity index (χ0n) is 32.0. The molecule has 0 saturated carbocycles. The van der Waals surface area contributed by atoms with Gasteiger partial charge >= 0.3 is 5.97 Å². The molecule has 0 unspecified atom stereocenters. The third-order valence-electron chi connectivity index (χ3n) is 10.2. The van der Waals surface area contributed by atoms with Gasteiger partial charge in [0.1, 0.15) is 24.7 Å².